The minimum atomic E-state index is 0.759. The van der Waals surface area contributed by atoms with Crippen LogP contribution >= 0.6 is 0 Å². The molecule has 18 heavy (non-hydrogen) atoms. The van der Waals surface area contributed by atoms with Crippen molar-refractivity contribution in [3.05, 3.63) is 30.0 Å². The molecule has 0 aliphatic heterocycles. The molecule has 0 saturated heterocycles. The smallest absolute Gasteiger partial charge is 0.166 e. The molecule has 0 amide bonds. The molecule has 3 nitrogen and oxygen atoms in total. The van der Waals surface area contributed by atoms with Crippen molar-refractivity contribution in [2.24, 2.45) is 5.92 Å². The highest BCUT2D eigenvalue weighted by molar-refractivity contribution is 5.96. The zero-order valence-electron chi connectivity index (χ0n) is 10.9. The molecule has 1 aliphatic carbocycles. The Morgan fingerprint density at radius 3 is 2.78 bits per heavy atom. The molecule has 1 saturated carbocycles. The normalized spacial score (nSPS) is 15.0. The van der Waals surface area contributed by atoms with Crippen LogP contribution in [0.3, 0.4) is 0 Å². The fourth-order valence-electron chi connectivity index (χ4n) is 2.54. The fraction of sp³-hybridized carbons (Fsp3) is 0.400. The van der Waals surface area contributed by atoms with Crippen molar-refractivity contribution in [3.63, 3.8) is 0 Å². The first kappa shape index (κ1) is 11.3. The van der Waals surface area contributed by atoms with Crippen LogP contribution in [-0.4, -0.2) is 24.9 Å². The fourth-order valence-corrected chi connectivity index (χ4v) is 2.54. The lowest BCUT2D eigenvalue weighted by Crippen LogP contribution is -2.12. The number of nitrogens with zero attached hydrogens (tertiary/aromatic N) is 2. The van der Waals surface area contributed by atoms with Crippen LogP contribution in [-0.2, 0) is 6.54 Å². The summed E-state index contributed by atoms with van der Waals surface area (Å²) >= 11 is 0. The molecule has 0 spiro atoms. The molecule has 1 aromatic carbocycles. The van der Waals surface area contributed by atoms with Gasteiger partial charge in [-0.2, -0.15) is 0 Å². The van der Waals surface area contributed by atoms with Gasteiger partial charge in [-0.15, -0.1) is 0 Å². The number of carbonyl (C=O) groups excluding carboxylic acids is 1. The SMILES string of the molecule is CN(C)c1cccc2cc(C=O)n(CC3CC3)c12. The van der Waals surface area contributed by atoms with Gasteiger partial charge in [0, 0.05) is 26.0 Å². The van der Waals surface area contributed by atoms with Gasteiger partial charge in [0.25, 0.3) is 0 Å². The monoisotopic (exact) mass is 242 g/mol. The van der Waals surface area contributed by atoms with E-state index in [4.69, 9.17) is 0 Å². The average Bonchev–Trinajstić information content (AvgIpc) is 3.10. The van der Waals surface area contributed by atoms with Gasteiger partial charge in [0.15, 0.2) is 6.29 Å². The molecule has 0 atom stereocenters. The van der Waals surface area contributed by atoms with Crippen LogP contribution in [0.25, 0.3) is 10.9 Å². The van der Waals surface area contributed by atoms with E-state index in [-0.39, 0.29) is 0 Å². The summed E-state index contributed by atoms with van der Waals surface area (Å²) in [7, 11) is 4.09. The predicted octanol–water partition coefficient (Wildman–Crippen LogP) is 2.93. The van der Waals surface area contributed by atoms with Gasteiger partial charge in [-0.25, -0.2) is 0 Å². The summed E-state index contributed by atoms with van der Waals surface area (Å²) in [6.45, 7) is 0.975. The molecule has 0 unspecified atom stereocenters. The van der Waals surface area contributed by atoms with Gasteiger partial charge in [0.05, 0.1) is 16.9 Å². The standard InChI is InChI=1S/C15H18N2O/c1-16(2)14-5-3-4-12-8-13(10-18)17(15(12)14)9-11-6-7-11/h3-5,8,10-11H,6-7,9H2,1-2H3. The maximum atomic E-state index is 11.2. The molecular formula is C15H18N2O. The molecule has 0 radical (unpaired) electrons. The van der Waals surface area contributed by atoms with Crippen molar-refractivity contribution in [2.45, 2.75) is 19.4 Å². The van der Waals surface area contributed by atoms with E-state index >= 15 is 0 Å². The van der Waals surface area contributed by atoms with Crippen LogP contribution in [0.5, 0.6) is 0 Å². The minimum absolute atomic E-state index is 0.759. The third-order valence-corrected chi connectivity index (χ3v) is 3.67. The molecule has 1 heterocycles. The number of hydrogen-bond acceptors (Lipinski definition) is 2. The average molecular weight is 242 g/mol. The third-order valence-electron chi connectivity index (χ3n) is 3.67. The van der Waals surface area contributed by atoms with E-state index in [1.807, 2.05) is 26.2 Å². The van der Waals surface area contributed by atoms with E-state index in [9.17, 15) is 4.79 Å². The van der Waals surface area contributed by atoms with Gasteiger partial charge in [0.2, 0.25) is 0 Å². The molecular weight excluding hydrogens is 224 g/mol. The van der Waals surface area contributed by atoms with Crippen molar-refractivity contribution >= 4 is 22.9 Å². The topological polar surface area (TPSA) is 25.2 Å². The van der Waals surface area contributed by atoms with Crippen molar-refractivity contribution in [2.75, 3.05) is 19.0 Å². The Hall–Kier alpha value is -1.77. The number of fused-ring (bicyclic) bond motifs is 1. The molecule has 1 aliphatic rings. The number of hydrogen-bond donors (Lipinski definition) is 0. The van der Waals surface area contributed by atoms with Crippen LogP contribution in [0, 0.1) is 5.92 Å². The Morgan fingerprint density at radius 2 is 2.17 bits per heavy atom. The molecule has 3 rings (SSSR count). The van der Waals surface area contributed by atoms with E-state index in [2.05, 4.69) is 21.6 Å². The highest BCUT2D eigenvalue weighted by atomic mass is 16.1. The van der Waals surface area contributed by atoms with Crippen LogP contribution in [0.15, 0.2) is 24.3 Å². The number of carbonyl (C=O) groups is 1. The number of anilines is 1. The lowest BCUT2D eigenvalue weighted by atomic mass is 10.2. The molecule has 94 valence electrons. The van der Waals surface area contributed by atoms with Crippen molar-refractivity contribution in [1.82, 2.24) is 4.57 Å². The summed E-state index contributed by atoms with van der Waals surface area (Å²) < 4.78 is 2.19. The Kier molecular flexibility index (Phi) is 2.62. The second kappa shape index (κ2) is 4.16. The van der Waals surface area contributed by atoms with Gasteiger partial charge in [-0.1, -0.05) is 12.1 Å². The summed E-state index contributed by atoms with van der Waals surface area (Å²) in [5.74, 6) is 0.759. The maximum absolute atomic E-state index is 11.2. The second-order valence-corrected chi connectivity index (χ2v) is 5.35. The first-order valence-electron chi connectivity index (χ1n) is 6.45. The van der Waals surface area contributed by atoms with E-state index in [0.717, 1.165) is 29.8 Å². The zero-order valence-corrected chi connectivity index (χ0v) is 10.9. The van der Waals surface area contributed by atoms with Crippen LogP contribution in [0.2, 0.25) is 0 Å². The molecule has 0 N–H and O–H groups in total. The van der Waals surface area contributed by atoms with E-state index in [1.165, 1.54) is 24.0 Å². The van der Waals surface area contributed by atoms with Crippen LogP contribution < -0.4 is 4.90 Å². The minimum Gasteiger partial charge on any atom is -0.376 e. The Labute approximate surface area is 107 Å². The summed E-state index contributed by atoms with van der Waals surface area (Å²) in [5, 5.41) is 1.16. The van der Waals surface area contributed by atoms with Crippen molar-refractivity contribution in [3.8, 4) is 0 Å². The Morgan fingerprint density at radius 1 is 1.39 bits per heavy atom. The predicted molar refractivity (Wildman–Crippen MR) is 74.4 cm³/mol. The number of aldehydes is 1. The summed E-state index contributed by atoms with van der Waals surface area (Å²) in [4.78, 5) is 13.4. The maximum Gasteiger partial charge on any atom is 0.166 e. The number of rotatable bonds is 4. The lowest BCUT2D eigenvalue weighted by molar-refractivity contribution is 0.111. The van der Waals surface area contributed by atoms with Gasteiger partial charge < -0.3 is 9.47 Å². The van der Waals surface area contributed by atoms with E-state index in [1.54, 1.807) is 0 Å². The zero-order chi connectivity index (χ0) is 12.7. The Balaban J connectivity index is 2.23. The van der Waals surface area contributed by atoms with E-state index in [0.29, 0.717) is 0 Å². The quantitative estimate of drug-likeness (QED) is 0.770. The van der Waals surface area contributed by atoms with Gasteiger partial charge in [0.1, 0.15) is 0 Å². The highest BCUT2D eigenvalue weighted by Gasteiger charge is 2.24. The lowest BCUT2D eigenvalue weighted by Gasteiger charge is -2.17. The van der Waals surface area contributed by atoms with Crippen LogP contribution in [0.4, 0.5) is 5.69 Å². The van der Waals surface area contributed by atoms with Gasteiger partial charge in [-0.05, 0) is 30.9 Å². The van der Waals surface area contributed by atoms with E-state index < -0.39 is 0 Å². The Bertz CT molecular complexity index is 594. The van der Waals surface area contributed by atoms with Gasteiger partial charge >= 0.3 is 0 Å². The first-order chi connectivity index (χ1) is 8.70. The third kappa shape index (κ3) is 1.80. The highest BCUT2D eigenvalue weighted by Crippen LogP contribution is 2.35. The second-order valence-electron chi connectivity index (χ2n) is 5.35. The summed E-state index contributed by atoms with van der Waals surface area (Å²) in [6.07, 6.45) is 3.56. The number of aromatic nitrogens is 1. The molecule has 2 aromatic rings. The largest absolute Gasteiger partial charge is 0.376 e. The van der Waals surface area contributed by atoms with Crippen molar-refractivity contribution < 1.29 is 4.79 Å². The van der Waals surface area contributed by atoms with Crippen molar-refractivity contribution in [1.29, 1.82) is 0 Å². The van der Waals surface area contributed by atoms with Crippen LogP contribution in [0.1, 0.15) is 23.3 Å². The number of benzene rings is 1. The molecule has 1 aromatic heterocycles. The van der Waals surface area contributed by atoms with Gasteiger partial charge in [-0.3, -0.25) is 4.79 Å². The molecule has 1 fully saturated rings. The summed E-state index contributed by atoms with van der Waals surface area (Å²) in [5.41, 5.74) is 3.17. The molecule has 3 heteroatoms. The number of para-hydroxylation sites is 1. The summed E-state index contributed by atoms with van der Waals surface area (Å²) in [6, 6.07) is 8.24. The first-order valence-corrected chi connectivity index (χ1v) is 6.45. The molecule has 0 bridgehead atoms.